The van der Waals surface area contributed by atoms with Gasteiger partial charge >= 0.3 is 0 Å². The average Bonchev–Trinajstić information content (AvgIpc) is 3.13. The van der Waals surface area contributed by atoms with Crippen LogP contribution in [-0.2, 0) is 10.0 Å². The maximum Gasteiger partial charge on any atom is 0.266 e. The van der Waals surface area contributed by atoms with E-state index in [2.05, 4.69) is 10.3 Å². The largest absolute Gasteiger partial charge is 0.306 e. The number of anilines is 2. The summed E-state index contributed by atoms with van der Waals surface area (Å²) in [5, 5.41) is 4.14. The maximum absolute atomic E-state index is 12.8. The van der Waals surface area contributed by atoms with E-state index in [1.165, 1.54) is 22.8 Å². The minimum Gasteiger partial charge on any atom is -0.306 e. The lowest BCUT2D eigenvalue weighted by atomic mass is 10.3. The van der Waals surface area contributed by atoms with E-state index < -0.39 is 15.9 Å². The Morgan fingerprint density at radius 1 is 1.15 bits per heavy atom. The summed E-state index contributed by atoms with van der Waals surface area (Å²) in [6.07, 6.45) is 1.60. The summed E-state index contributed by atoms with van der Waals surface area (Å²) < 4.78 is 26.7. The molecule has 2 aromatic heterocycles. The SMILES string of the molecule is Cc1ccnc(NC(=O)c2cc(S(=O)(=O)N(C)c3ccccc3)cs2)c1. The molecule has 0 bridgehead atoms. The second-order valence-electron chi connectivity index (χ2n) is 5.63. The van der Waals surface area contributed by atoms with Crippen molar-refractivity contribution in [3.05, 3.63) is 70.5 Å². The molecule has 0 aliphatic rings. The van der Waals surface area contributed by atoms with Crippen molar-refractivity contribution < 1.29 is 13.2 Å². The molecule has 3 aromatic rings. The molecule has 6 nitrogen and oxygen atoms in total. The van der Waals surface area contributed by atoms with Crippen LogP contribution in [0.3, 0.4) is 0 Å². The normalized spacial score (nSPS) is 11.2. The molecule has 0 radical (unpaired) electrons. The Kier molecular flexibility index (Phi) is 5.06. The Balaban J connectivity index is 1.81. The Morgan fingerprint density at radius 3 is 2.58 bits per heavy atom. The number of carbonyl (C=O) groups is 1. The van der Waals surface area contributed by atoms with Crippen LogP contribution in [0.15, 0.2) is 65.0 Å². The molecule has 134 valence electrons. The fourth-order valence-corrected chi connectivity index (χ4v) is 4.64. The Labute approximate surface area is 156 Å². The molecule has 0 spiro atoms. The number of carbonyl (C=O) groups excluding carboxylic acids is 1. The van der Waals surface area contributed by atoms with E-state index in [4.69, 9.17) is 0 Å². The van der Waals surface area contributed by atoms with Crippen molar-refractivity contribution in [1.82, 2.24) is 4.98 Å². The van der Waals surface area contributed by atoms with E-state index in [0.29, 0.717) is 16.4 Å². The van der Waals surface area contributed by atoms with E-state index in [-0.39, 0.29) is 4.90 Å². The highest BCUT2D eigenvalue weighted by Gasteiger charge is 2.24. The standard InChI is InChI=1S/C18H17N3O3S2/c1-13-8-9-19-17(10-13)20-18(22)16-11-15(12-25-16)26(23,24)21(2)14-6-4-3-5-7-14/h3-12H,1-2H3,(H,19,20,22). The molecule has 0 aliphatic carbocycles. The zero-order chi connectivity index (χ0) is 18.7. The molecule has 8 heteroatoms. The highest BCUT2D eigenvalue weighted by molar-refractivity contribution is 7.93. The first-order valence-electron chi connectivity index (χ1n) is 7.74. The van der Waals surface area contributed by atoms with Crippen molar-refractivity contribution in [2.75, 3.05) is 16.7 Å². The lowest BCUT2D eigenvalue weighted by molar-refractivity contribution is 0.103. The number of nitrogens with zero attached hydrogens (tertiary/aromatic N) is 2. The predicted octanol–water partition coefficient (Wildman–Crippen LogP) is 3.53. The molecule has 26 heavy (non-hydrogen) atoms. The van der Waals surface area contributed by atoms with Crippen molar-refractivity contribution in [2.24, 2.45) is 0 Å². The van der Waals surface area contributed by atoms with Gasteiger partial charge in [0.1, 0.15) is 5.82 Å². The molecule has 1 N–H and O–H groups in total. The van der Waals surface area contributed by atoms with Gasteiger partial charge in [-0.25, -0.2) is 13.4 Å². The fraction of sp³-hybridized carbons (Fsp3) is 0.111. The molecule has 0 fully saturated rings. The minimum absolute atomic E-state index is 0.0798. The zero-order valence-corrected chi connectivity index (χ0v) is 15.8. The molecule has 3 rings (SSSR count). The number of nitrogens with one attached hydrogen (secondary N) is 1. The summed E-state index contributed by atoms with van der Waals surface area (Å²) in [4.78, 5) is 16.8. The third-order valence-corrected chi connectivity index (χ3v) is 6.58. The van der Waals surface area contributed by atoms with Gasteiger partial charge in [-0.15, -0.1) is 11.3 Å². The second-order valence-corrected chi connectivity index (χ2v) is 8.51. The number of benzene rings is 1. The molecule has 1 amide bonds. The van der Waals surface area contributed by atoms with Crippen LogP contribution in [0, 0.1) is 6.92 Å². The molecular weight excluding hydrogens is 370 g/mol. The fourth-order valence-electron chi connectivity index (χ4n) is 2.29. The van der Waals surface area contributed by atoms with Gasteiger partial charge in [-0.2, -0.15) is 0 Å². The third kappa shape index (κ3) is 3.76. The molecule has 1 aromatic carbocycles. The lowest BCUT2D eigenvalue weighted by Crippen LogP contribution is -2.26. The molecule has 0 saturated heterocycles. The number of sulfonamides is 1. The van der Waals surface area contributed by atoms with Gasteiger partial charge in [-0.1, -0.05) is 18.2 Å². The van der Waals surface area contributed by atoms with Gasteiger partial charge in [0, 0.05) is 18.6 Å². The van der Waals surface area contributed by atoms with Crippen LogP contribution in [-0.4, -0.2) is 26.4 Å². The first-order chi connectivity index (χ1) is 12.4. The Morgan fingerprint density at radius 2 is 1.88 bits per heavy atom. The molecule has 0 unspecified atom stereocenters. The van der Waals surface area contributed by atoms with Gasteiger partial charge in [0.05, 0.1) is 15.5 Å². The van der Waals surface area contributed by atoms with E-state index >= 15 is 0 Å². The topological polar surface area (TPSA) is 79.4 Å². The van der Waals surface area contributed by atoms with Crippen LogP contribution in [0.2, 0.25) is 0 Å². The highest BCUT2D eigenvalue weighted by atomic mass is 32.2. The van der Waals surface area contributed by atoms with Crippen LogP contribution in [0.5, 0.6) is 0 Å². The van der Waals surface area contributed by atoms with Crippen LogP contribution in [0.25, 0.3) is 0 Å². The van der Waals surface area contributed by atoms with E-state index in [1.54, 1.807) is 36.5 Å². The monoisotopic (exact) mass is 387 g/mol. The summed E-state index contributed by atoms with van der Waals surface area (Å²) in [7, 11) is -2.25. The molecule has 2 heterocycles. The Hall–Kier alpha value is -2.71. The van der Waals surface area contributed by atoms with Crippen molar-refractivity contribution in [1.29, 1.82) is 0 Å². The molecular formula is C18H17N3O3S2. The van der Waals surface area contributed by atoms with Crippen LogP contribution < -0.4 is 9.62 Å². The number of aromatic nitrogens is 1. The number of amides is 1. The smallest absolute Gasteiger partial charge is 0.266 e. The van der Waals surface area contributed by atoms with Gasteiger partial charge in [0.2, 0.25) is 0 Å². The number of para-hydroxylation sites is 1. The number of hydrogen-bond acceptors (Lipinski definition) is 5. The zero-order valence-electron chi connectivity index (χ0n) is 14.2. The van der Waals surface area contributed by atoms with E-state index in [0.717, 1.165) is 16.9 Å². The first kappa shape index (κ1) is 18.1. The van der Waals surface area contributed by atoms with Crippen molar-refractivity contribution in [3.8, 4) is 0 Å². The van der Waals surface area contributed by atoms with Crippen LogP contribution >= 0.6 is 11.3 Å². The van der Waals surface area contributed by atoms with Gasteiger partial charge in [0.25, 0.3) is 15.9 Å². The number of aryl methyl sites for hydroxylation is 1. The minimum atomic E-state index is -3.74. The average molecular weight is 387 g/mol. The van der Waals surface area contributed by atoms with Crippen LogP contribution in [0.1, 0.15) is 15.2 Å². The first-order valence-corrected chi connectivity index (χ1v) is 10.1. The summed E-state index contributed by atoms with van der Waals surface area (Å²) in [5.41, 5.74) is 1.52. The van der Waals surface area contributed by atoms with Gasteiger partial charge in [-0.05, 0) is 42.8 Å². The van der Waals surface area contributed by atoms with Crippen molar-refractivity contribution >= 4 is 38.8 Å². The number of pyridine rings is 1. The predicted molar refractivity (Wildman–Crippen MR) is 103 cm³/mol. The van der Waals surface area contributed by atoms with Crippen molar-refractivity contribution in [3.63, 3.8) is 0 Å². The van der Waals surface area contributed by atoms with Gasteiger partial charge in [-0.3, -0.25) is 9.10 Å². The summed E-state index contributed by atoms with van der Waals surface area (Å²) in [5.74, 6) is 0.0334. The van der Waals surface area contributed by atoms with E-state index in [1.807, 2.05) is 19.1 Å². The second kappa shape index (κ2) is 7.27. The van der Waals surface area contributed by atoms with Gasteiger partial charge < -0.3 is 5.32 Å². The summed E-state index contributed by atoms with van der Waals surface area (Å²) in [6, 6.07) is 13.7. The Bertz CT molecular complexity index is 1030. The lowest BCUT2D eigenvalue weighted by Gasteiger charge is -2.18. The van der Waals surface area contributed by atoms with Gasteiger partial charge in [0.15, 0.2) is 0 Å². The highest BCUT2D eigenvalue weighted by Crippen LogP contribution is 2.26. The summed E-state index contributed by atoms with van der Waals surface area (Å²) >= 11 is 1.07. The van der Waals surface area contributed by atoms with Crippen LogP contribution in [0.4, 0.5) is 11.5 Å². The van der Waals surface area contributed by atoms with Crippen molar-refractivity contribution in [2.45, 2.75) is 11.8 Å². The number of hydrogen-bond donors (Lipinski definition) is 1. The summed E-state index contributed by atoms with van der Waals surface area (Å²) in [6.45, 7) is 1.90. The molecule has 0 saturated carbocycles. The number of thiophene rings is 1. The molecule has 0 atom stereocenters. The quantitative estimate of drug-likeness (QED) is 0.726. The third-order valence-electron chi connectivity index (χ3n) is 3.73. The van der Waals surface area contributed by atoms with E-state index in [9.17, 15) is 13.2 Å². The maximum atomic E-state index is 12.8. The number of rotatable bonds is 5. The molecule has 0 aliphatic heterocycles.